The van der Waals surface area contributed by atoms with Crippen molar-refractivity contribution in [1.29, 1.82) is 0 Å². The van der Waals surface area contributed by atoms with Gasteiger partial charge in [-0.05, 0) is 35.2 Å². The van der Waals surface area contributed by atoms with Crippen LogP contribution in [0.3, 0.4) is 0 Å². The van der Waals surface area contributed by atoms with E-state index in [4.69, 9.17) is 0 Å². The smallest absolute Gasteiger partial charge is 0.186 e. The van der Waals surface area contributed by atoms with Crippen LogP contribution in [0.15, 0.2) is 48.5 Å². The van der Waals surface area contributed by atoms with Gasteiger partial charge < -0.3 is 0 Å². The average Bonchev–Trinajstić information content (AvgIpc) is 2.37. The van der Waals surface area contributed by atoms with E-state index in [0.29, 0.717) is 12.8 Å². The van der Waals surface area contributed by atoms with Crippen molar-refractivity contribution in [2.45, 2.75) is 12.8 Å². The lowest BCUT2D eigenvalue weighted by molar-refractivity contribution is -0.110. The summed E-state index contributed by atoms with van der Waals surface area (Å²) in [5.74, 6) is -0.240. The molecule has 0 aromatic heterocycles. The van der Waals surface area contributed by atoms with E-state index < -0.39 is 0 Å². The SMILES string of the molecule is O=C(S)CCc1cccc(-c2ccc(F)cc2)c1. The highest BCUT2D eigenvalue weighted by Gasteiger charge is 2.01. The maximum absolute atomic E-state index is 12.8. The zero-order chi connectivity index (χ0) is 13.0. The molecule has 0 heterocycles. The molecule has 3 heteroatoms. The number of rotatable bonds is 4. The summed E-state index contributed by atoms with van der Waals surface area (Å²) in [7, 11) is 0. The number of carbonyl (C=O) groups is 1. The van der Waals surface area contributed by atoms with E-state index in [1.54, 1.807) is 12.1 Å². The van der Waals surface area contributed by atoms with Crippen molar-refractivity contribution < 1.29 is 9.18 Å². The number of benzene rings is 2. The Kier molecular flexibility index (Phi) is 4.15. The Bertz CT molecular complexity index is 549. The molecule has 2 aromatic rings. The molecule has 0 atom stereocenters. The predicted molar refractivity (Wildman–Crippen MR) is 74.2 cm³/mol. The molecule has 92 valence electrons. The fraction of sp³-hybridized carbons (Fsp3) is 0.133. The van der Waals surface area contributed by atoms with Gasteiger partial charge in [0.05, 0.1) is 0 Å². The second-order valence-corrected chi connectivity index (χ2v) is 4.60. The molecule has 0 amide bonds. The molecule has 0 bridgehead atoms. The standard InChI is InChI=1S/C15H13FOS/c16-14-7-5-12(6-8-14)13-3-1-2-11(10-13)4-9-15(17)18/h1-3,5-8,10H,4,9H2,(H,17,18). The van der Waals surface area contributed by atoms with Gasteiger partial charge in [-0.1, -0.05) is 36.4 Å². The second kappa shape index (κ2) is 5.83. The number of thiol groups is 1. The lowest BCUT2D eigenvalue weighted by Gasteiger charge is -2.05. The Balaban J connectivity index is 2.21. The Morgan fingerprint density at radius 2 is 1.78 bits per heavy atom. The minimum Gasteiger partial charge on any atom is -0.287 e. The van der Waals surface area contributed by atoms with Gasteiger partial charge >= 0.3 is 0 Å². The number of halogens is 1. The van der Waals surface area contributed by atoms with Crippen LogP contribution in [0.4, 0.5) is 4.39 Å². The fourth-order valence-electron chi connectivity index (χ4n) is 1.80. The van der Waals surface area contributed by atoms with E-state index in [-0.39, 0.29) is 10.9 Å². The molecule has 0 radical (unpaired) electrons. The molecule has 18 heavy (non-hydrogen) atoms. The zero-order valence-corrected chi connectivity index (χ0v) is 10.7. The molecule has 0 fully saturated rings. The van der Waals surface area contributed by atoms with Crippen molar-refractivity contribution in [3.63, 3.8) is 0 Å². The lowest BCUT2D eigenvalue weighted by atomic mass is 10.0. The molecule has 1 nitrogen and oxygen atoms in total. The molecule has 0 spiro atoms. The third kappa shape index (κ3) is 3.44. The molecular formula is C15H13FOS. The van der Waals surface area contributed by atoms with Crippen LogP contribution >= 0.6 is 12.6 Å². The van der Waals surface area contributed by atoms with Gasteiger partial charge in [-0.3, -0.25) is 4.79 Å². The summed E-state index contributed by atoms with van der Waals surface area (Å²) < 4.78 is 12.8. The summed E-state index contributed by atoms with van der Waals surface area (Å²) in [4.78, 5) is 10.8. The van der Waals surface area contributed by atoms with Crippen molar-refractivity contribution >= 4 is 17.7 Å². The first-order chi connectivity index (χ1) is 8.65. The number of carbonyl (C=O) groups excluding carboxylic acids is 1. The number of hydrogen-bond donors (Lipinski definition) is 1. The third-order valence-corrected chi connectivity index (χ3v) is 2.96. The molecule has 0 aliphatic rings. The molecule has 0 aliphatic heterocycles. The summed E-state index contributed by atoms with van der Waals surface area (Å²) in [6, 6.07) is 14.3. The van der Waals surface area contributed by atoms with Crippen LogP contribution in [0.1, 0.15) is 12.0 Å². The molecule has 2 aromatic carbocycles. The third-order valence-electron chi connectivity index (χ3n) is 2.73. The maximum Gasteiger partial charge on any atom is 0.186 e. The van der Waals surface area contributed by atoms with Crippen LogP contribution in [-0.2, 0) is 11.2 Å². The average molecular weight is 260 g/mol. The monoisotopic (exact) mass is 260 g/mol. The molecule has 2 rings (SSSR count). The topological polar surface area (TPSA) is 17.1 Å². The highest BCUT2D eigenvalue weighted by molar-refractivity contribution is 7.96. The summed E-state index contributed by atoms with van der Waals surface area (Å²) in [5, 5.41) is -0.109. The van der Waals surface area contributed by atoms with Gasteiger partial charge in [-0.15, -0.1) is 12.6 Å². The van der Waals surface area contributed by atoms with Gasteiger partial charge in [-0.2, -0.15) is 0 Å². The number of aryl methyl sites for hydroxylation is 1. The van der Waals surface area contributed by atoms with E-state index in [2.05, 4.69) is 12.6 Å². The van der Waals surface area contributed by atoms with Crippen molar-refractivity contribution in [3.05, 3.63) is 59.9 Å². The van der Waals surface area contributed by atoms with Gasteiger partial charge in [0.1, 0.15) is 5.82 Å². The number of hydrogen-bond acceptors (Lipinski definition) is 1. The van der Waals surface area contributed by atoms with E-state index >= 15 is 0 Å². The highest BCUT2D eigenvalue weighted by atomic mass is 32.1. The predicted octanol–water partition coefficient (Wildman–Crippen LogP) is 3.88. The highest BCUT2D eigenvalue weighted by Crippen LogP contribution is 2.21. The van der Waals surface area contributed by atoms with Crippen LogP contribution in [0.2, 0.25) is 0 Å². The quantitative estimate of drug-likeness (QED) is 0.825. The van der Waals surface area contributed by atoms with Gasteiger partial charge in [-0.25, -0.2) is 4.39 Å². The fourth-order valence-corrected chi connectivity index (χ4v) is 1.91. The first-order valence-corrected chi connectivity index (χ1v) is 6.16. The van der Waals surface area contributed by atoms with Crippen LogP contribution in [-0.4, -0.2) is 5.12 Å². The van der Waals surface area contributed by atoms with E-state index in [9.17, 15) is 9.18 Å². The molecule has 0 N–H and O–H groups in total. The van der Waals surface area contributed by atoms with Gasteiger partial charge in [0, 0.05) is 6.42 Å². The summed E-state index contributed by atoms with van der Waals surface area (Å²) >= 11 is 3.75. The van der Waals surface area contributed by atoms with E-state index in [0.717, 1.165) is 16.7 Å². The first-order valence-electron chi connectivity index (χ1n) is 5.72. The Labute approximate surface area is 111 Å². The van der Waals surface area contributed by atoms with Crippen molar-refractivity contribution in [3.8, 4) is 11.1 Å². The summed E-state index contributed by atoms with van der Waals surface area (Å²) in [5.41, 5.74) is 3.08. The molecule has 0 aliphatic carbocycles. The maximum atomic E-state index is 12.8. The minimum atomic E-state index is -0.240. The largest absolute Gasteiger partial charge is 0.287 e. The Hall–Kier alpha value is -1.61. The zero-order valence-electron chi connectivity index (χ0n) is 9.77. The van der Waals surface area contributed by atoms with Crippen molar-refractivity contribution in [2.24, 2.45) is 0 Å². The van der Waals surface area contributed by atoms with Crippen molar-refractivity contribution in [2.75, 3.05) is 0 Å². The normalized spacial score (nSPS) is 10.3. The van der Waals surface area contributed by atoms with Crippen LogP contribution in [0.5, 0.6) is 0 Å². The molecule has 0 unspecified atom stereocenters. The first kappa shape index (κ1) is 12.8. The minimum absolute atomic E-state index is 0.109. The molecule has 0 saturated heterocycles. The summed E-state index contributed by atoms with van der Waals surface area (Å²) in [6.07, 6.45) is 1.10. The van der Waals surface area contributed by atoms with Gasteiger partial charge in [0.15, 0.2) is 5.12 Å². The van der Waals surface area contributed by atoms with Crippen LogP contribution in [0, 0.1) is 5.82 Å². The Morgan fingerprint density at radius 1 is 1.06 bits per heavy atom. The lowest BCUT2D eigenvalue weighted by Crippen LogP contribution is -1.92. The van der Waals surface area contributed by atoms with Gasteiger partial charge in [0.2, 0.25) is 0 Å². The molecular weight excluding hydrogens is 247 g/mol. The van der Waals surface area contributed by atoms with Crippen LogP contribution in [0.25, 0.3) is 11.1 Å². The second-order valence-electron chi connectivity index (χ2n) is 4.10. The molecule has 0 saturated carbocycles. The van der Waals surface area contributed by atoms with Crippen molar-refractivity contribution in [1.82, 2.24) is 0 Å². The van der Waals surface area contributed by atoms with Gasteiger partial charge in [0.25, 0.3) is 0 Å². The summed E-state index contributed by atoms with van der Waals surface area (Å²) in [6.45, 7) is 0. The Morgan fingerprint density at radius 3 is 2.44 bits per heavy atom. The van der Waals surface area contributed by atoms with E-state index in [1.807, 2.05) is 24.3 Å². The van der Waals surface area contributed by atoms with E-state index in [1.165, 1.54) is 12.1 Å². The van der Waals surface area contributed by atoms with Crippen LogP contribution < -0.4 is 0 Å².